The third-order valence-electron chi connectivity index (χ3n) is 3.49. The van der Waals surface area contributed by atoms with E-state index in [4.69, 9.17) is 5.73 Å². The lowest BCUT2D eigenvalue weighted by Gasteiger charge is -2.23. The molecule has 0 saturated carbocycles. The van der Waals surface area contributed by atoms with E-state index in [1.807, 2.05) is 42.5 Å². The van der Waals surface area contributed by atoms with Gasteiger partial charge in [-0.05, 0) is 23.3 Å². The van der Waals surface area contributed by atoms with E-state index >= 15 is 0 Å². The average Bonchev–Trinajstić information content (AvgIpc) is 2.47. The Labute approximate surface area is 114 Å². The lowest BCUT2D eigenvalue weighted by molar-refractivity contribution is 0.215. The van der Waals surface area contributed by atoms with Crippen molar-refractivity contribution in [2.45, 2.75) is 25.4 Å². The Balaban J connectivity index is 2.24. The molecule has 0 fully saturated rings. The van der Waals surface area contributed by atoms with Crippen LogP contribution in [0.2, 0.25) is 0 Å². The SMILES string of the molecule is CC(C)(CN)c1ccc(C(O)c2ccccn2)cc1. The molecule has 0 spiro atoms. The number of aliphatic hydroxyl groups is 1. The van der Waals surface area contributed by atoms with Gasteiger partial charge in [-0.25, -0.2) is 0 Å². The minimum absolute atomic E-state index is 0.0471. The molecule has 100 valence electrons. The summed E-state index contributed by atoms with van der Waals surface area (Å²) in [6.07, 6.45) is 1.00. The van der Waals surface area contributed by atoms with Crippen LogP contribution >= 0.6 is 0 Å². The summed E-state index contributed by atoms with van der Waals surface area (Å²) in [5.41, 5.74) is 8.40. The molecular formula is C16H20N2O. The summed E-state index contributed by atoms with van der Waals surface area (Å²) in [6.45, 7) is 4.81. The molecule has 0 aliphatic carbocycles. The Morgan fingerprint density at radius 2 is 1.84 bits per heavy atom. The van der Waals surface area contributed by atoms with Crippen molar-refractivity contribution in [2.24, 2.45) is 5.73 Å². The fourth-order valence-corrected chi connectivity index (χ4v) is 1.94. The van der Waals surface area contributed by atoms with E-state index in [-0.39, 0.29) is 5.41 Å². The zero-order valence-electron chi connectivity index (χ0n) is 11.4. The van der Waals surface area contributed by atoms with E-state index in [0.29, 0.717) is 12.2 Å². The molecule has 3 N–H and O–H groups in total. The highest BCUT2D eigenvalue weighted by Gasteiger charge is 2.19. The second-order valence-electron chi connectivity index (χ2n) is 5.37. The molecule has 3 nitrogen and oxygen atoms in total. The number of hydrogen-bond acceptors (Lipinski definition) is 3. The first-order valence-corrected chi connectivity index (χ1v) is 6.44. The molecule has 0 saturated heterocycles. The van der Waals surface area contributed by atoms with Crippen molar-refractivity contribution in [3.05, 3.63) is 65.5 Å². The first-order valence-electron chi connectivity index (χ1n) is 6.44. The standard InChI is InChI=1S/C16H20N2O/c1-16(2,11-17)13-8-6-12(7-9-13)15(19)14-5-3-4-10-18-14/h3-10,15,19H,11,17H2,1-2H3. The van der Waals surface area contributed by atoms with Crippen LogP contribution in [0.15, 0.2) is 48.7 Å². The van der Waals surface area contributed by atoms with Crippen molar-refractivity contribution in [1.82, 2.24) is 4.98 Å². The van der Waals surface area contributed by atoms with E-state index in [2.05, 4.69) is 18.8 Å². The number of pyridine rings is 1. The molecule has 1 unspecified atom stereocenters. The molecule has 1 aromatic carbocycles. The first kappa shape index (κ1) is 13.7. The lowest BCUT2D eigenvalue weighted by atomic mass is 9.84. The predicted octanol–water partition coefficient (Wildman–Crippen LogP) is 2.40. The Bertz CT molecular complexity index is 520. The van der Waals surface area contributed by atoms with Gasteiger partial charge in [0, 0.05) is 18.2 Å². The fourth-order valence-electron chi connectivity index (χ4n) is 1.94. The molecule has 1 aromatic heterocycles. The van der Waals surface area contributed by atoms with Crippen LogP contribution in [0, 0.1) is 0 Å². The minimum atomic E-state index is -0.684. The Morgan fingerprint density at radius 1 is 1.16 bits per heavy atom. The van der Waals surface area contributed by atoms with E-state index < -0.39 is 6.10 Å². The summed E-state index contributed by atoms with van der Waals surface area (Å²) in [4.78, 5) is 4.17. The molecule has 3 heteroatoms. The maximum atomic E-state index is 10.3. The topological polar surface area (TPSA) is 59.1 Å². The molecular weight excluding hydrogens is 236 g/mol. The summed E-state index contributed by atoms with van der Waals surface area (Å²) >= 11 is 0. The van der Waals surface area contributed by atoms with Crippen LogP contribution in [0.25, 0.3) is 0 Å². The van der Waals surface area contributed by atoms with Crippen LogP contribution in [-0.4, -0.2) is 16.6 Å². The molecule has 0 radical (unpaired) electrons. The van der Waals surface area contributed by atoms with Gasteiger partial charge in [0.15, 0.2) is 0 Å². The normalized spacial score (nSPS) is 13.3. The van der Waals surface area contributed by atoms with Gasteiger partial charge in [-0.1, -0.05) is 44.2 Å². The van der Waals surface area contributed by atoms with Crippen molar-refractivity contribution < 1.29 is 5.11 Å². The molecule has 19 heavy (non-hydrogen) atoms. The number of aliphatic hydroxyl groups excluding tert-OH is 1. The highest BCUT2D eigenvalue weighted by atomic mass is 16.3. The predicted molar refractivity (Wildman–Crippen MR) is 76.8 cm³/mol. The molecule has 1 heterocycles. The van der Waals surface area contributed by atoms with Gasteiger partial charge in [-0.3, -0.25) is 4.98 Å². The third-order valence-corrected chi connectivity index (χ3v) is 3.49. The van der Waals surface area contributed by atoms with Gasteiger partial charge in [0.05, 0.1) is 5.69 Å². The number of nitrogens with zero attached hydrogens (tertiary/aromatic N) is 1. The maximum absolute atomic E-state index is 10.3. The molecule has 0 bridgehead atoms. The summed E-state index contributed by atoms with van der Waals surface area (Å²) in [7, 11) is 0. The van der Waals surface area contributed by atoms with E-state index in [9.17, 15) is 5.11 Å². The van der Waals surface area contributed by atoms with Gasteiger partial charge in [0.2, 0.25) is 0 Å². The average molecular weight is 256 g/mol. The van der Waals surface area contributed by atoms with Gasteiger partial charge in [0.25, 0.3) is 0 Å². The number of rotatable bonds is 4. The van der Waals surface area contributed by atoms with Crippen molar-refractivity contribution >= 4 is 0 Å². The van der Waals surface area contributed by atoms with E-state index in [1.165, 1.54) is 5.56 Å². The zero-order valence-corrected chi connectivity index (χ0v) is 11.4. The van der Waals surface area contributed by atoms with Gasteiger partial charge >= 0.3 is 0 Å². The Kier molecular flexibility index (Phi) is 3.98. The molecule has 0 amide bonds. The molecule has 0 aliphatic heterocycles. The van der Waals surface area contributed by atoms with Crippen LogP contribution in [-0.2, 0) is 5.41 Å². The number of aromatic nitrogens is 1. The van der Waals surface area contributed by atoms with Crippen LogP contribution in [0.5, 0.6) is 0 Å². The molecule has 1 atom stereocenters. The molecule has 2 aromatic rings. The zero-order chi connectivity index (χ0) is 13.9. The largest absolute Gasteiger partial charge is 0.382 e. The van der Waals surface area contributed by atoms with Gasteiger partial charge in [-0.15, -0.1) is 0 Å². The number of benzene rings is 1. The third kappa shape index (κ3) is 3.00. The second-order valence-corrected chi connectivity index (χ2v) is 5.37. The quantitative estimate of drug-likeness (QED) is 0.883. The van der Waals surface area contributed by atoms with Crippen LogP contribution < -0.4 is 5.73 Å². The smallest absolute Gasteiger partial charge is 0.121 e. The highest BCUT2D eigenvalue weighted by Crippen LogP contribution is 2.25. The number of hydrogen-bond donors (Lipinski definition) is 2. The van der Waals surface area contributed by atoms with Gasteiger partial charge in [0.1, 0.15) is 6.10 Å². The Morgan fingerprint density at radius 3 is 2.37 bits per heavy atom. The van der Waals surface area contributed by atoms with Crippen LogP contribution in [0.1, 0.15) is 36.8 Å². The minimum Gasteiger partial charge on any atom is -0.382 e. The Hall–Kier alpha value is -1.71. The summed E-state index contributed by atoms with van der Waals surface area (Å²) in [5, 5.41) is 10.3. The summed E-state index contributed by atoms with van der Waals surface area (Å²) in [5.74, 6) is 0. The molecule has 0 aliphatic rings. The number of nitrogens with two attached hydrogens (primary N) is 1. The highest BCUT2D eigenvalue weighted by molar-refractivity contribution is 5.32. The van der Waals surface area contributed by atoms with E-state index in [1.54, 1.807) is 6.20 Å². The van der Waals surface area contributed by atoms with Crippen molar-refractivity contribution in [1.29, 1.82) is 0 Å². The maximum Gasteiger partial charge on any atom is 0.121 e. The van der Waals surface area contributed by atoms with Crippen LogP contribution in [0.3, 0.4) is 0 Å². The van der Waals surface area contributed by atoms with E-state index in [0.717, 1.165) is 5.56 Å². The molecule has 2 rings (SSSR count). The first-order chi connectivity index (χ1) is 9.04. The van der Waals surface area contributed by atoms with Crippen LogP contribution in [0.4, 0.5) is 0 Å². The van der Waals surface area contributed by atoms with Gasteiger partial charge < -0.3 is 10.8 Å². The van der Waals surface area contributed by atoms with Crippen molar-refractivity contribution in [3.63, 3.8) is 0 Å². The van der Waals surface area contributed by atoms with Crippen molar-refractivity contribution in [2.75, 3.05) is 6.54 Å². The van der Waals surface area contributed by atoms with Gasteiger partial charge in [-0.2, -0.15) is 0 Å². The lowest BCUT2D eigenvalue weighted by Crippen LogP contribution is -2.28. The summed E-state index contributed by atoms with van der Waals surface area (Å²) in [6, 6.07) is 13.4. The summed E-state index contributed by atoms with van der Waals surface area (Å²) < 4.78 is 0. The monoisotopic (exact) mass is 256 g/mol. The second kappa shape index (κ2) is 5.51. The van der Waals surface area contributed by atoms with Crippen molar-refractivity contribution in [3.8, 4) is 0 Å². The fraction of sp³-hybridized carbons (Fsp3) is 0.312.